The predicted molar refractivity (Wildman–Crippen MR) is 137 cm³/mol. The number of hydrogen-bond acceptors (Lipinski definition) is 6. The molecule has 7 nitrogen and oxygen atoms in total. The number of aromatic nitrogens is 3. The van der Waals surface area contributed by atoms with Gasteiger partial charge in [-0.15, -0.1) is 5.10 Å². The van der Waals surface area contributed by atoms with Gasteiger partial charge < -0.3 is 14.8 Å². The Bertz CT molecular complexity index is 1440. The highest BCUT2D eigenvalue weighted by molar-refractivity contribution is 5.99. The highest BCUT2D eigenvalue weighted by Crippen LogP contribution is 2.42. The molecule has 0 spiro atoms. The number of ketones is 1. The third kappa shape index (κ3) is 4.02. The molecule has 0 saturated carbocycles. The highest BCUT2D eigenvalue weighted by Gasteiger charge is 2.37. The maximum Gasteiger partial charge on any atom is 0.226 e. The number of rotatable bonds is 6. The zero-order chi connectivity index (χ0) is 24.5. The second-order valence-corrected chi connectivity index (χ2v) is 8.95. The van der Waals surface area contributed by atoms with E-state index in [4.69, 9.17) is 19.6 Å². The molecule has 2 aliphatic rings. The number of ether oxygens (including phenoxy) is 2. The van der Waals surface area contributed by atoms with Gasteiger partial charge in [-0.25, -0.2) is 4.68 Å². The van der Waals surface area contributed by atoms with E-state index in [9.17, 15) is 4.79 Å². The highest BCUT2D eigenvalue weighted by atomic mass is 16.5. The summed E-state index contributed by atoms with van der Waals surface area (Å²) < 4.78 is 13.6. The summed E-state index contributed by atoms with van der Waals surface area (Å²) in [7, 11) is 1.63. The van der Waals surface area contributed by atoms with Gasteiger partial charge in [-0.05, 0) is 36.1 Å². The molecule has 1 aromatic heterocycles. The van der Waals surface area contributed by atoms with Gasteiger partial charge in [-0.3, -0.25) is 4.79 Å². The van der Waals surface area contributed by atoms with Crippen LogP contribution in [0.3, 0.4) is 0 Å². The second kappa shape index (κ2) is 9.34. The molecular formula is C29H26N4O3. The minimum Gasteiger partial charge on any atom is -0.493 e. The quantitative estimate of drug-likeness (QED) is 0.391. The fourth-order valence-corrected chi connectivity index (χ4v) is 4.88. The number of nitrogens with zero attached hydrogens (tertiary/aromatic N) is 3. The SMILES string of the molecule is COc1cc(C2C3=C(CCCC3=O)Nc3nc(-c4ccccc4)nn32)ccc1OCc1ccccc1. The zero-order valence-electron chi connectivity index (χ0n) is 20.0. The van der Waals surface area contributed by atoms with Crippen LogP contribution in [0, 0.1) is 0 Å². The maximum atomic E-state index is 13.2. The van der Waals surface area contributed by atoms with Crippen molar-refractivity contribution in [3.05, 3.63) is 101 Å². The van der Waals surface area contributed by atoms with E-state index in [1.807, 2.05) is 83.5 Å². The van der Waals surface area contributed by atoms with Crippen LogP contribution < -0.4 is 14.8 Å². The van der Waals surface area contributed by atoms with Gasteiger partial charge in [0, 0.05) is 23.3 Å². The Balaban J connectivity index is 1.40. The van der Waals surface area contributed by atoms with Gasteiger partial charge >= 0.3 is 0 Å². The van der Waals surface area contributed by atoms with E-state index in [2.05, 4.69) is 5.32 Å². The number of carbonyl (C=O) groups excluding carboxylic acids is 1. The molecule has 4 aromatic rings. The summed E-state index contributed by atoms with van der Waals surface area (Å²) in [5.74, 6) is 2.64. The molecule has 1 N–H and O–H groups in total. The van der Waals surface area contributed by atoms with E-state index in [0.717, 1.165) is 40.8 Å². The molecule has 180 valence electrons. The lowest BCUT2D eigenvalue weighted by molar-refractivity contribution is -0.116. The Morgan fingerprint density at radius 3 is 2.53 bits per heavy atom. The molecule has 0 radical (unpaired) electrons. The number of carbonyl (C=O) groups is 1. The van der Waals surface area contributed by atoms with E-state index in [-0.39, 0.29) is 5.78 Å². The van der Waals surface area contributed by atoms with Crippen molar-refractivity contribution in [2.75, 3.05) is 12.4 Å². The predicted octanol–water partition coefficient (Wildman–Crippen LogP) is 5.55. The normalized spacial score (nSPS) is 16.7. The van der Waals surface area contributed by atoms with Crippen LogP contribution >= 0.6 is 0 Å². The molecule has 0 fully saturated rings. The van der Waals surface area contributed by atoms with Crippen LogP contribution in [0.5, 0.6) is 11.5 Å². The average molecular weight is 479 g/mol. The third-order valence-electron chi connectivity index (χ3n) is 6.64. The zero-order valence-corrected chi connectivity index (χ0v) is 20.0. The molecule has 1 unspecified atom stereocenters. The largest absolute Gasteiger partial charge is 0.493 e. The monoisotopic (exact) mass is 478 g/mol. The molecule has 7 heteroatoms. The van der Waals surface area contributed by atoms with E-state index in [0.29, 0.717) is 36.3 Å². The molecule has 3 aromatic carbocycles. The van der Waals surface area contributed by atoms with Gasteiger partial charge in [-0.1, -0.05) is 66.7 Å². The number of methoxy groups -OCH3 is 1. The lowest BCUT2D eigenvalue weighted by Crippen LogP contribution is -2.31. The molecule has 2 heterocycles. The van der Waals surface area contributed by atoms with Gasteiger partial charge in [-0.2, -0.15) is 4.98 Å². The standard InChI is InChI=1S/C29H26N4O3/c1-35-25-17-21(15-16-24(25)36-18-19-9-4-2-5-10-19)27-26-22(13-8-14-23(26)34)30-29-31-28(32-33(27)29)20-11-6-3-7-12-20/h2-7,9-12,15-17,27H,8,13-14,18H2,1H3,(H,30,31,32). The summed E-state index contributed by atoms with van der Waals surface area (Å²) >= 11 is 0. The maximum absolute atomic E-state index is 13.2. The summed E-state index contributed by atoms with van der Waals surface area (Å²) in [6.45, 7) is 0.436. The van der Waals surface area contributed by atoms with E-state index in [1.165, 1.54) is 0 Å². The van der Waals surface area contributed by atoms with E-state index < -0.39 is 6.04 Å². The first kappa shape index (κ1) is 22.1. The smallest absolute Gasteiger partial charge is 0.226 e. The molecule has 1 aliphatic heterocycles. The van der Waals surface area contributed by atoms with Crippen LogP contribution in [-0.4, -0.2) is 27.7 Å². The molecule has 0 bridgehead atoms. The first-order valence-corrected chi connectivity index (χ1v) is 12.1. The molecular weight excluding hydrogens is 452 g/mol. The van der Waals surface area contributed by atoms with Crippen LogP contribution in [0.25, 0.3) is 11.4 Å². The van der Waals surface area contributed by atoms with Crippen LogP contribution in [-0.2, 0) is 11.4 Å². The lowest BCUT2D eigenvalue weighted by atomic mass is 9.85. The van der Waals surface area contributed by atoms with E-state index in [1.54, 1.807) is 7.11 Å². The number of allylic oxidation sites excluding steroid dienone is 2. The first-order valence-electron chi connectivity index (χ1n) is 12.1. The Morgan fingerprint density at radius 1 is 0.972 bits per heavy atom. The van der Waals surface area contributed by atoms with Gasteiger partial charge in [0.2, 0.25) is 5.95 Å². The van der Waals surface area contributed by atoms with Crippen LogP contribution in [0.4, 0.5) is 5.95 Å². The Hall–Kier alpha value is -4.39. The second-order valence-electron chi connectivity index (χ2n) is 8.95. The number of benzene rings is 3. The fraction of sp³-hybridized carbons (Fsp3) is 0.207. The van der Waals surface area contributed by atoms with Crippen LogP contribution in [0.15, 0.2) is 90.1 Å². The molecule has 6 rings (SSSR count). The van der Waals surface area contributed by atoms with Crippen molar-refractivity contribution in [1.82, 2.24) is 14.8 Å². The Kier molecular flexibility index (Phi) is 5.73. The van der Waals surface area contributed by atoms with Gasteiger partial charge in [0.15, 0.2) is 23.1 Å². The van der Waals surface area contributed by atoms with E-state index >= 15 is 0 Å². The Morgan fingerprint density at radius 2 is 1.75 bits per heavy atom. The molecule has 0 saturated heterocycles. The number of anilines is 1. The number of fused-ring (bicyclic) bond motifs is 1. The minimum absolute atomic E-state index is 0.138. The number of Topliss-reactive ketones (excluding diaryl/α,β-unsaturated/α-hetero) is 1. The first-order chi connectivity index (χ1) is 17.7. The number of nitrogens with one attached hydrogen (secondary N) is 1. The van der Waals surface area contributed by atoms with Crippen molar-refractivity contribution in [2.24, 2.45) is 0 Å². The Labute approximate surface area is 209 Å². The molecule has 1 atom stereocenters. The van der Waals surface area contributed by atoms with Gasteiger partial charge in [0.25, 0.3) is 0 Å². The summed E-state index contributed by atoms with van der Waals surface area (Å²) in [5.41, 5.74) is 4.57. The van der Waals surface area contributed by atoms with Crippen molar-refractivity contribution in [2.45, 2.75) is 31.9 Å². The molecule has 1 aliphatic carbocycles. The lowest BCUT2D eigenvalue weighted by Gasteiger charge is -2.32. The van der Waals surface area contributed by atoms with Crippen LogP contribution in [0.1, 0.15) is 36.4 Å². The fourth-order valence-electron chi connectivity index (χ4n) is 4.88. The van der Waals surface area contributed by atoms with Crippen molar-refractivity contribution in [3.8, 4) is 22.9 Å². The van der Waals surface area contributed by atoms with Crippen molar-refractivity contribution < 1.29 is 14.3 Å². The minimum atomic E-state index is -0.397. The topological polar surface area (TPSA) is 78.3 Å². The average Bonchev–Trinajstić information content (AvgIpc) is 3.36. The third-order valence-corrected chi connectivity index (χ3v) is 6.64. The molecule has 0 amide bonds. The summed E-state index contributed by atoms with van der Waals surface area (Å²) in [4.78, 5) is 17.9. The molecule has 36 heavy (non-hydrogen) atoms. The van der Waals surface area contributed by atoms with Crippen molar-refractivity contribution >= 4 is 11.7 Å². The summed E-state index contributed by atoms with van der Waals surface area (Å²) in [5, 5.41) is 8.23. The van der Waals surface area contributed by atoms with Gasteiger partial charge in [0.1, 0.15) is 12.6 Å². The number of hydrogen-bond donors (Lipinski definition) is 1. The van der Waals surface area contributed by atoms with Gasteiger partial charge in [0.05, 0.1) is 7.11 Å². The van der Waals surface area contributed by atoms with Crippen molar-refractivity contribution in [3.63, 3.8) is 0 Å². The summed E-state index contributed by atoms with van der Waals surface area (Å²) in [6.07, 6.45) is 2.16. The summed E-state index contributed by atoms with van der Waals surface area (Å²) in [6, 6.07) is 25.3. The van der Waals surface area contributed by atoms with Crippen molar-refractivity contribution in [1.29, 1.82) is 0 Å². The van der Waals surface area contributed by atoms with Crippen LogP contribution in [0.2, 0.25) is 0 Å².